The van der Waals surface area contributed by atoms with Crippen LogP contribution in [-0.4, -0.2) is 89.0 Å². The Hall–Kier alpha value is -3.63. The van der Waals surface area contributed by atoms with Gasteiger partial charge < -0.3 is 25.0 Å². The number of likely N-dealkylation sites (tertiary alicyclic amines) is 2. The second-order valence-electron chi connectivity index (χ2n) is 12.7. The molecule has 2 aliphatic heterocycles. The number of nitrogens with one attached hydrogen (secondary N) is 2. The molecule has 2 fully saturated rings. The van der Waals surface area contributed by atoms with E-state index in [0.29, 0.717) is 45.2 Å². The van der Waals surface area contributed by atoms with Crippen LogP contribution in [0.1, 0.15) is 79.2 Å². The van der Waals surface area contributed by atoms with Crippen LogP contribution in [0.4, 0.5) is 4.79 Å². The highest BCUT2D eigenvalue weighted by molar-refractivity contribution is 5.95. The van der Waals surface area contributed by atoms with E-state index in [1.54, 1.807) is 27.7 Å². The second kappa shape index (κ2) is 15.2. The third kappa shape index (κ3) is 9.69. The maximum absolute atomic E-state index is 13.9. The molecule has 43 heavy (non-hydrogen) atoms. The van der Waals surface area contributed by atoms with Crippen molar-refractivity contribution in [1.82, 2.24) is 20.4 Å². The molecule has 0 aromatic heterocycles. The first-order valence-electron chi connectivity index (χ1n) is 15.4. The lowest BCUT2D eigenvalue weighted by Crippen LogP contribution is -2.58. The molecule has 2 saturated heterocycles. The van der Waals surface area contributed by atoms with E-state index in [0.717, 1.165) is 5.56 Å². The molecule has 2 aliphatic rings. The largest absolute Gasteiger partial charge is 0.464 e. The summed E-state index contributed by atoms with van der Waals surface area (Å²) in [7, 11) is 0. The van der Waals surface area contributed by atoms with Crippen molar-refractivity contribution in [1.29, 1.82) is 0 Å². The van der Waals surface area contributed by atoms with Gasteiger partial charge in [0.25, 0.3) is 0 Å². The number of esters is 1. The molecule has 0 unspecified atom stereocenters. The summed E-state index contributed by atoms with van der Waals surface area (Å²) in [6.07, 6.45) is 2.24. The fourth-order valence-corrected chi connectivity index (χ4v) is 5.59. The zero-order valence-corrected chi connectivity index (χ0v) is 26.4. The third-order valence-corrected chi connectivity index (χ3v) is 7.52. The molecule has 0 bridgehead atoms. The van der Waals surface area contributed by atoms with Crippen LogP contribution in [0.3, 0.4) is 0 Å². The molecule has 11 nitrogen and oxygen atoms in total. The van der Waals surface area contributed by atoms with Crippen molar-refractivity contribution in [3.05, 3.63) is 35.9 Å². The van der Waals surface area contributed by atoms with Crippen molar-refractivity contribution in [2.24, 2.45) is 5.92 Å². The summed E-state index contributed by atoms with van der Waals surface area (Å²) < 4.78 is 10.7. The zero-order valence-electron chi connectivity index (χ0n) is 26.4. The van der Waals surface area contributed by atoms with Crippen molar-refractivity contribution >= 4 is 29.8 Å². The zero-order chi connectivity index (χ0) is 31.7. The average Bonchev–Trinajstić information content (AvgIpc) is 3.62. The molecule has 1 aromatic carbocycles. The molecule has 0 radical (unpaired) electrons. The molecule has 0 spiro atoms. The highest BCUT2D eigenvalue weighted by atomic mass is 16.6. The van der Waals surface area contributed by atoms with Gasteiger partial charge in [0.2, 0.25) is 17.7 Å². The number of carbonyl (C=O) groups is 5. The highest BCUT2D eigenvalue weighted by Gasteiger charge is 2.41. The van der Waals surface area contributed by atoms with Gasteiger partial charge in [0.1, 0.15) is 29.8 Å². The second-order valence-corrected chi connectivity index (χ2v) is 12.7. The molecular weight excluding hydrogens is 552 g/mol. The van der Waals surface area contributed by atoms with Crippen molar-refractivity contribution in [2.75, 3.05) is 19.7 Å². The number of amides is 4. The topological polar surface area (TPSA) is 134 Å². The molecule has 1 aromatic rings. The number of ether oxygens (including phenoxy) is 2. The van der Waals surface area contributed by atoms with Crippen LogP contribution >= 0.6 is 0 Å². The number of hydrogen-bond donors (Lipinski definition) is 2. The lowest BCUT2D eigenvalue weighted by Gasteiger charge is -2.31. The Kier molecular flexibility index (Phi) is 12.0. The van der Waals surface area contributed by atoms with E-state index in [4.69, 9.17) is 9.47 Å². The number of hydrogen-bond acceptors (Lipinski definition) is 7. The lowest BCUT2D eigenvalue weighted by molar-refractivity contribution is -0.153. The molecule has 4 atom stereocenters. The van der Waals surface area contributed by atoms with Crippen LogP contribution in [0.15, 0.2) is 30.3 Å². The van der Waals surface area contributed by atoms with Crippen molar-refractivity contribution in [2.45, 2.75) is 110 Å². The summed E-state index contributed by atoms with van der Waals surface area (Å²) >= 11 is 0. The van der Waals surface area contributed by atoms with Gasteiger partial charge in [-0.25, -0.2) is 9.59 Å². The van der Waals surface area contributed by atoms with Crippen LogP contribution in [0.2, 0.25) is 0 Å². The van der Waals surface area contributed by atoms with Crippen molar-refractivity contribution < 1.29 is 33.4 Å². The average molecular weight is 601 g/mol. The first-order valence-corrected chi connectivity index (χ1v) is 15.4. The summed E-state index contributed by atoms with van der Waals surface area (Å²) in [4.78, 5) is 69.4. The van der Waals surface area contributed by atoms with E-state index in [1.807, 2.05) is 44.2 Å². The number of nitrogens with zero attached hydrogens (tertiary/aromatic N) is 2. The smallest absolute Gasteiger partial charge is 0.410 e. The molecule has 4 amide bonds. The van der Waals surface area contributed by atoms with Crippen LogP contribution in [0.25, 0.3) is 0 Å². The first kappa shape index (κ1) is 33.9. The Morgan fingerprint density at radius 2 is 1.53 bits per heavy atom. The van der Waals surface area contributed by atoms with Crippen LogP contribution < -0.4 is 10.6 Å². The van der Waals surface area contributed by atoms with Gasteiger partial charge >= 0.3 is 12.1 Å². The number of rotatable bonds is 11. The predicted octanol–water partition coefficient (Wildman–Crippen LogP) is 3.20. The molecule has 3 rings (SSSR count). The number of carbonyl (C=O) groups excluding carboxylic acids is 5. The summed E-state index contributed by atoms with van der Waals surface area (Å²) in [6.45, 7) is 11.9. The van der Waals surface area contributed by atoms with Gasteiger partial charge in [-0.3, -0.25) is 19.3 Å². The minimum atomic E-state index is -0.957. The minimum Gasteiger partial charge on any atom is -0.464 e. The maximum Gasteiger partial charge on any atom is 0.410 e. The fourth-order valence-electron chi connectivity index (χ4n) is 5.59. The maximum atomic E-state index is 13.9. The monoisotopic (exact) mass is 600 g/mol. The summed E-state index contributed by atoms with van der Waals surface area (Å²) in [5.74, 6) is -1.69. The van der Waals surface area contributed by atoms with Gasteiger partial charge in [-0.1, -0.05) is 44.2 Å². The van der Waals surface area contributed by atoms with Crippen molar-refractivity contribution in [3.63, 3.8) is 0 Å². The van der Waals surface area contributed by atoms with E-state index in [9.17, 15) is 24.0 Å². The molecule has 238 valence electrons. The summed E-state index contributed by atoms with van der Waals surface area (Å²) in [5, 5.41) is 5.76. The third-order valence-electron chi connectivity index (χ3n) is 7.52. The van der Waals surface area contributed by atoms with Gasteiger partial charge in [0.05, 0.1) is 6.61 Å². The lowest BCUT2D eigenvalue weighted by atomic mass is 10.00. The molecule has 0 aliphatic carbocycles. The molecular formula is C32H48N4O7. The van der Waals surface area contributed by atoms with Gasteiger partial charge in [0, 0.05) is 19.5 Å². The van der Waals surface area contributed by atoms with Gasteiger partial charge in [-0.2, -0.15) is 0 Å². The fraction of sp³-hybridized carbons (Fsp3) is 0.656. The van der Waals surface area contributed by atoms with E-state index in [2.05, 4.69) is 10.6 Å². The van der Waals surface area contributed by atoms with E-state index in [-0.39, 0.29) is 24.9 Å². The van der Waals surface area contributed by atoms with Gasteiger partial charge in [-0.15, -0.1) is 0 Å². The van der Waals surface area contributed by atoms with Crippen LogP contribution in [-0.2, 0) is 35.1 Å². The summed E-state index contributed by atoms with van der Waals surface area (Å²) in [6, 6.07) is 5.99. The quantitative estimate of drug-likeness (QED) is 0.373. The van der Waals surface area contributed by atoms with Gasteiger partial charge in [0.15, 0.2) is 0 Å². The Bertz CT molecular complexity index is 1130. The SMILES string of the molecule is CCOC(=O)[C@@H]1CCCN1C(=O)[C@H](Cc1ccccc1)NC(=O)[C@H](CC(C)C)NC(=O)[C@@H]1CCCN1C(=O)OC(C)(C)C. The predicted molar refractivity (Wildman–Crippen MR) is 161 cm³/mol. The van der Waals surface area contributed by atoms with Crippen molar-refractivity contribution in [3.8, 4) is 0 Å². The first-order chi connectivity index (χ1) is 20.3. The van der Waals surface area contributed by atoms with E-state index >= 15 is 0 Å². The Balaban J connectivity index is 1.79. The van der Waals surface area contributed by atoms with E-state index < -0.39 is 53.6 Å². The van der Waals surface area contributed by atoms with Gasteiger partial charge in [-0.05, 0) is 71.3 Å². The molecule has 0 saturated carbocycles. The standard InChI is InChI=1S/C32H48N4O7/c1-7-42-30(40)26-16-12-17-35(26)29(39)24(20-22-13-9-8-10-14-22)34-27(37)23(19-21(2)3)33-28(38)25-15-11-18-36(25)31(41)43-32(4,5)6/h8-10,13-14,21,23-26H,7,11-12,15-20H2,1-6H3,(H,33,38)(H,34,37)/t23-,24-,25-,26-/m0/s1. The van der Waals surface area contributed by atoms with Crippen LogP contribution in [0, 0.1) is 5.92 Å². The molecule has 2 N–H and O–H groups in total. The molecule has 11 heteroatoms. The number of benzene rings is 1. The molecule has 2 heterocycles. The summed E-state index contributed by atoms with van der Waals surface area (Å²) in [5.41, 5.74) is 0.138. The minimum absolute atomic E-state index is 0.0524. The Morgan fingerprint density at radius 1 is 0.907 bits per heavy atom. The Labute approximate surface area is 255 Å². The Morgan fingerprint density at radius 3 is 2.14 bits per heavy atom. The van der Waals surface area contributed by atoms with Crippen LogP contribution in [0.5, 0.6) is 0 Å². The van der Waals surface area contributed by atoms with E-state index in [1.165, 1.54) is 9.80 Å². The highest BCUT2D eigenvalue weighted by Crippen LogP contribution is 2.23. The normalized spacial score (nSPS) is 20.0.